The van der Waals surface area contributed by atoms with Gasteiger partial charge in [-0.1, -0.05) is 36.4 Å². The Bertz CT molecular complexity index is 624. The van der Waals surface area contributed by atoms with Gasteiger partial charge in [-0.05, 0) is 31.4 Å². The highest BCUT2D eigenvalue weighted by molar-refractivity contribution is 6.10. The van der Waals surface area contributed by atoms with Crippen molar-refractivity contribution >= 4 is 19.4 Å². The van der Waals surface area contributed by atoms with Crippen molar-refractivity contribution in [1.82, 2.24) is 0 Å². The van der Waals surface area contributed by atoms with E-state index in [-0.39, 0.29) is 0 Å². The molecule has 0 amide bonds. The fourth-order valence-corrected chi connectivity index (χ4v) is 2.27. The lowest BCUT2D eigenvalue weighted by atomic mass is 9.81. The van der Waals surface area contributed by atoms with Gasteiger partial charge in [0.15, 0.2) is 0 Å². The van der Waals surface area contributed by atoms with Gasteiger partial charge in [0, 0.05) is 11.1 Å². The Labute approximate surface area is 114 Å². The van der Waals surface area contributed by atoms with Crippen molar-refractivity contribution in [3.8, 4) is 0 Å². The number of nitrogens with zero attached hydrogens (tertiary/aromatic N) is 1. The molecule has 2 radical (unpaired) electrons. The second-order valence-electron chi connectivity index (χ2n) is 4.84. The van der Waals surface area contributed by atoms with Crippen LogP contribution in [0.2, 0.25) is 6.32 Å². The summed E-state index contributed by atoms with van der Waals surface area (Å²) in [5.74, 6) is 0.632. The molecule has 0 spiro atoms. The van der Waals surface area contributed by atoms with Crippen LogP contribution >= 0.6 is 0 Å². The Morgan fingerprint density at radius 1 is 1.05 bits per heavy atom. The first-order valence-electron chi connectivity index (χ1n) is 6.36. The monoisotopic (exact) mass is 247 g/mol. The number of rotatable bonds is 2. The van der Waals surface area contributed by atoms with E-state index in [0.717, 1.165) is 16.8 Å². The molecule has 1 aliphatic heterocycles. The minimum absolute atomic E-state index is 0.413. The summed E-state index contributed by atoms with van der Waals surface area (Å²) in [6, 6.07) is 17.9. The summed E-state index contributed by atoms with van der Waals surface area (Å²) in [6.07, 6.45) is 0.413. The fourth-order valence-electron chi connectivity index (χ4n) is 2.27. The zero-order valence-electron chi connectivity index (χ0n) is 10.8. The molecule has 0 aliphatic carbocycles. The third kappa shape index (κ3) is 2.05. The van der Waals surface area contributed by atoms with Gasteiger partial charge < -0.3 is 4.74 Å². The number of para-hydroxylation sites is 1. The lowest BCUT2D eigenvalue weighted by Crippen LogP contribution is -2.32. The molecule has 2 aromatic rings. The first-order chi connectivity index (χ1) is 9.23. The predicted molar refractivity (Wildman–Crippen MR) is 78.1 cm³/mol. The largest absolute Gasteiger partial charge is 0.467 e. The SMILES string of the molecule is [B]CC1(C)OC(c2ccccc2)=Nc2ccccc21. The summed E-state index contributed by atoms with van der Waals surface area (Å²) in [6.45, 7) is 2.00. The Hall–Kier alpha value is -2.03. The van der Waals surface area contributed by atoms with E-state index in [1.54, 1.807) is 0 Å². The minimum atomic E-state index is -0.524. The fraction of sp³-hybridized carbons (Fsp3) is 0.188. The highest BCUT2D eigenvalue weighted by atomic mass is 16.5. The van der Waals surface area contributed by atoms with Gasteiger partial charge in [0.25, 0.3) is 0 Å². The molecule has 1 aliphatic rings. The summed E-state index contributed by atoms with van der Waals surface area (Å²) >= 11 is 0. The van der Waals surface area contributed by atoms with Gasteiger partial charge in [0.05, 0.1) is 13.5 Å². The van der Waals surface area contributed by atoms with Crippen molar-refractivity contribution < 1.29 is 4.74 Å². The zero-order valence-corrected chi connectivity index (χ0v) is 10.8. The van der Waals surface area contributed by atoms with Gasteiger partial charge in [-0.15, -0.1) is 0 Å². The van der Waals surface area contributed by atoms with Crippen molar-refractivity contribution in [2.75, 3.05) is 0 Å². The highest BCUT2D eigenvalue weighted by Gasteiger charge is 2.33. The van der Waals surface area contributed by atoms with E-state index in [0.29, 0.717) is 12.2 Å². The standard InChI is InChI=1S/C16H14BNO/c1-16(11-17)13-9-5-6-10-14(13)18-15(19-16)12-7-3-2-4-8-12/h2-10H,11H2,1H3. The van der Waals surface area contributed by atoms with Crippen LogP contribution in [0, 0.1) is 0 Å². The van der Waals surface area contributed by atoms with Gasteiger partial charge in [0.2, 0.25) is 5.90 Å². The van der Waals surface area contributed by atoms with Crippen molar-refractivity contribution in [2.24, 2.45) is 4.99 Å². The van der Waals surface area contributed by atoms with Crippen LogP contribution < -0.4 is 0 Å². The molecule has 92 valence electrons. The first kappa shape index (κ1) is 12.0. The van der Waals surface area contributed by atoms with E-state index in [2.05, 4.69) is 4.99 Å². The summed E-state index contributed by atoms with van der Waals surface area (Å²) < 4.78 is 6.06. The molecule has 3 rings (SSSR count). The van der Waals surface area contributed by atoms with Crippen LogP contribution in [0.5, 0.6) is 0 Å². The molecule has 2 nitrogen and oxygen atoms in total. The summed E-state index contributed by atoms with van der Waals surface area (Å²) in [5.41, 5.74) is 2.41. The van der Waals surface area contributed by atoms with Gasteiger partial charge in [-0.25, -0.2) is 4.99 Å². The Morgan fingerprint density at radius 3 is 2.47 bits per heavy atom. The van der Waals surface area contributed by atoms with Crippen LogP contribution in [-0.4, -0.2) is 13.7 Å². The zero-order chi connectivity index (χ0) is 13.3. The lowest BCUT2D eigenvalue weighted by molar-refractivity contribution is 0.0920. The molecule has 1 atom stereocenters. The summed E-state index contributed by atoms with van der Waals surface area (Å²) in [4.78, 5) is 4.60. The van der Waals surface area contributed by atoms with Crippen LogP contribution in [0.4, 0.5) is 5.69 Å². The number of ether oxygens (including phenoxy) is 1. The molecule has 19 heavy (non-hydrogen) atoms. The molecule has 0 aromatic heterocycles. The van der Waals surface area contributed by atoms with Gasteiger partial charge in [-0.2, -0.15) is 0 Å². The smallest absolute Gasteiger partial charge is 0.222 e. The average Bonchev–Trinajstić information content (AvgIpc) is 2.48. The number of fused-ring (bicyclic) bond motifs is 1. The summed E-state index contributed by atoms with van der Waals surface area (Å²) in [7, 11) is 5.91. The van der Waals surface area contributed by atoms with Crippen LogP contribution in [0.15, 0.2) is 59.6 Å². The van der Waals surface area contributed by atoms with E-state index in [1.807, 2.05) is 61.5 Å². The number of benzene rings is 2. The van der Waals surface area contributed by atoms with E-state index in [4.69, 9.17) is 12.6 Å². The Kier molecular flexibility index (Phi) is 2.90. The average molecular weight is 247 g/mol. The molecule has 3 heteroatoms. The number of hydrogen-bond donors (Lipinski definition) is 0. The molecule has 0 fully saturated rings. The Balaban J connectivity index is 2.14. The molecule has 0 N–H and O–H groups in total. The minimum Gasteiger partial charge on any atom is -0.467 e. The first-order valence-corrected chi connectivity index (χ1v) is 6.36. The highest BCUT2D eigenvalue weighted by Crippen LogP contribution is 2.40. The maximum Gasteiger partial charge on any atom is 0.222 e. The van der Waals surface area contributed by atoms with E-state index >= 15 is 0 Å². The van der Waals surface area contributed by atoms with Crippen molar-refractivity contribution in [2.45, 2.75) is 18.8 Å². The predicted octanol–water partition coefficient (Wildman–Crippen LogP) is 3.60. The molecule has 0 bridgehead atoms. The molecular weight excluding hydrogens is 233 g/mol. The van der Waals surface area contributed by atoms with Gasteiger partial charge in [0.1, 0.15) is 5.60 Å². The second kappa shape index (κ2) is 4.58. The van der Waals surface area contributed by atoms with Gasteiger partial charge in [-0.3, -0.25) is 0 Å². The van der Waals surface area contributed by atoms with Crippen molar-refractivity contribution in [3.63, 3.8) is 0 Å². The maximum absolute atomic E-state index is 6.06. The number of hydrogen-bond acceptors (Lipinski definition) is 2. The van der Waals surface area contributed by atoms with Crippen LogP contribution in [0.3, 0.4) is 0 Å². The van der Waals surface area contributed by atoms with E-state index in [9.17, 15) is 0 Å². The van der Waals surface area contributed by atoms with Gasteiger partial charge >= 0.3 is 0 Å². The van der Waals surface area contributed by atoms with Crippen molar-refractivity contribution in [3.05, 3.63) is 65.7 Å². The quantitative estimate of drug-likeness (QED) is 0.743. The van der Waals surface area contributed by atoms with E-state index < -0.39 is 5.60 Å². The Morgan fingerprint density at radius 2 is 1.74 bits per heavy atom. The molecule has 0 saturated heterocycles. The third-order valence-corrected chi connectivity index (χ3v) is 3.43. The van der Waals surface area contributed by atoms with Crippen LogP contribution in [0.25, 0.3) is 0 Å². The van der Waals surface area contributed by atoms with Crippen molar-refractivity contribution in [1.29, 1.82) is 0 Å². The summed E-state index contributed by atoms with van der Waals surface area (Å²) in [5, 5.41) is 0. The topological polar surface area (TPSA) is 21.6 Å². The third-order valence-electron chi connectivity index (χ3n) is 3.43. The normalized spacial score (nSPS) is 21.2. The maximum atomic E-state index is 6.06. The molecular formula is C16H14BNO. The number of aliphatic imine (C=N–C) groups is 1. The molecule has 1 heterocycles. The molecule has 1 unspecified atom stereocenters. The van der Waals surface area contributed by atoms with Crippen LogP contribution in [0.1, 0.15) is 18.1 Å². The van der Waals surface area contributed by atoms with E-state index in [1.165, 1.54) is 0 Å². The lowest BCUT2D eigenvalue weighted by Gasteiger charge is -2.35. The molecule has 2 aromatic carbocycles. The second-order valence-corrected chi connectivity index (χ2v) is 4.84. The van der Waals surface area contributed by atoms with Crippen LogP contribution in [-0.2, 0) is 10.3 Å². The molecule has 0 saturated carbocycles.